The van der Waals surface area contributed by atoms with E-state index in [0.29, 0.717) is 5.75 Å². The maximum absolute atomic E-state index is 11.6. The molecule has 0 unspecified atom stereocenters. The second-order valence-electron chi connectivity index (χ2n) is 3.84. The van der Waals surface area contributed by atoms with Crippen LogP contribution >= 0.6 is 0 Å². The van der Waals surface area contributed by atoms with Crippen molar-refractivity contribution in [1.29, 1.82) is 0 Å². The number of esters is 2. The van der Waals surface area contributed by atoms with Gasteiger partial charge in [0.15, 0.2) is 0 Å². The number of carbonyl (C=O) groups is 2. The summed E-state index contributed by atoms with van der Waals surface area (Å²) in [6, 6.07) is 12.9. The summed E-state index contributed by atoms with van der Waals surface area (Å²) in [5.41, 5.74) is 0. The largest absolute Gasteiger partial charge is 0.432 e. The molecule has 0 atom stereocenters. The normalized spacial score (nSPS) is 10.4. The molecule has 0 N–H and O–H groups in total. The minimum absolute atomic E-state index is 0.440. The summed E-state index contributed by atoms with van der Waals surface area (Å²) in [6.45, 7) is 3.24. The van der Waals surface area contributed by atoms with E-state index >= 15 is 0 Å². The fraction of sp³-hybridized carbons (Fsp3) is 0. The van der Waals surface area contributed by atoms with Crippen molar-refractivity contribution in [1.82, 2.24) is 0 Å². The Morgan fingerprint density at radius 1 is 0.950 bits per heavy atom. The first-order valence-corrected chi connectivity index (χ1v) is 5.90. The Morgan fingerprint density at radius 2 is 1.65 bits per heavy atom. The molecule has 0 aliphatic heterocycles. The highest BCUT2D eigenvalue weighted by Crippen LogP contribution is 2.25. The SMILES string of the molecule is C=COC(=O)C=CC(=O)Oc1cccc2ccccc12. The van der Waals surface area contributed by atoms with Gasteiger partial charge in [-0.2, -0.15) is 0 Å². The maximum atomic E-state index is 11.6. The van der Waals surface area contributed by atoms with Gasteiger partial charge in [-0.05, 0) is 11.5 Å². The number of ether oxygens (including phenoxy) is 2. The molecular weight excluding hydrogens is 256 g/mol. The lowest BCUT2D eigenvalue weighted by Gasteiger charge is -2.05. The Balaban J connectivity index is 2.14. The highest BCUT2D eigenvalue weighted by molar-refractivity contribution is 5.95. The molecule has 0 bridgehead atoms. The Bertz CT molecular complexity index is 680. The third kappa shape index (κ3) is 3.32. The summed E-state index contributed by atoms with van der Waals surface area (Å²) in [5.74, 6) is -0.896. The van der Waals surface area contributed by atoms with Crippen LogP contribution in [-0.2, 0) is 14.3 Å². The molecule has 0 fully saturated rings. The molecule has 0 saturated carbocycles. The van der Waals surface area contributed by atoms with Crippen LogP contribution in [0.25, 0.3) is 10.8 Å². The Hall–Kier alpha value is -2.88. The van der Waals surface area contributed by atoms with Gasteiger partial charge in [0.25, 0.3) is 0 Å². The van der Waals surface area contributed by atoms with Crippen LogP contribution in [0.3, 0.4) is 0 Å². The third-order valence-corrected chi connectivity index (χ3v) is 2.52. The molecule has 2 rings (SSSR count). The van der Waals surface area contributed by atoms with Gasteiger partial charge in [0.05, 0.1) is 6.26 Å². The topological polar surface area (TPSA) is 52.6 Å². The molecule has 4 heteroatoms. The van der Waals surface area contributed by atoms with E-state index in [1.54, 1.807) is 12.1 Å². The van der Waals surface area contributed by atoms with Gasteiger partial charge < -0.3 is 9.47 Å². The van der Waals surface area contributed by atoms with E-state index in [1.165, 1.54) is 0 Å². The average molecular weight is 268 g/mol. The highest BCUT2D eigenvalue weighted by atomic mass is 16.5. The minimum Gasteiger partial charge on any atom is -0.432 e. The fourth-order valence-electron chi connectivity index (χ4n) is 1.68. The highest BCUT2D eigenvalue weighted by Gasteiger charge is 2.05. The van der Waals surface area contributed by atoms with Crippen molar-refractivity contribution < 1.29 is 19.1 Å². The summed E-state index contributed by atoms with van der Waals surface area (Å²) in [6.07, 6.45) is 2.98. The maximum Gasteiger partial charge on any atom is 0.336 e. The van der Waals surface area contributed by atoms with Crippen LogP contribution in [-0.4, -0.2) is 11.9 Å². The van der Waals surface area contributed by atoms with Gasteiger partial charge in [-0.25, -0.2) is 9.59 Å². The summed E-state index contributed by atoms with van der Waals surface area (Å²) >= 11 is 0. The van der Waals surface area contributed by atoms with Crippen LogP contribution in [0.5, 0.6) is 5.75 Å². The van der Waals surface area contributed by atoms with Gasteiger partial charge in [0.2, 0.25) is 0 Å². The number of fused-ring (bicyclic) bond motifs is 1. The number of hydrogen-bond donors (Lipinski definition) is 0. The van der Waals surface area contributed by atoms with Crippen molar-refractivity contribution in [3.05, 3.63) is 67.5 Å². The van der Waals surface area contributed by atoms with Crippen molar-refractivity contribution in [2.24, 2.45) is 0 Å². The lowest BCUT2D eigenvalue weighted by atomic mass is 10.1. The number of rotatable bonds is 4. The fourth-order valence-corrected chi connectivity index (χ4v) is 1.68. The molecule has 0 saturated heterocycles. The Morgan fingerprint density at radius 3 is 2.45 bits per heavy atom. The summed E-state index contributed by atoms with van der Waals surface area (Å²) in [5, 5.41) is 1.79. The molecule has 0 radical (unpaired) electrons. The molecule has 20 heavy (non-hydrogen) atoms. The van der Waals surface area contributed by atoms with Crippen molar-refractivity contribution in [2.75, 3.05) is 0 Å². The van der Waals surface area contributed by atoms with Crippen LogP contribution in [0, 0.1) is 0 Å². The second-order valence-corrected chi connectivity index (χ2v) is 3.84. The summed E-state index contributed by atoms with van der Waals surface area (Å²) < 4.78 is 9.64. The molecule has 0 heterocycles. The zero-order valence-corrected chi connectivity index (χ0v) is 10.6. The van der Waals surface area contributed by atoms with E-state index in [2.05, 4.69) is 11.3 Å². The minimum atomic E-state index is -0.685. The predicted octanol–water partition coefficient (Wildman–Crippen LogP) is 2.99. The van der Waals surface area contributed by atoms with Gasteiger partial charge in [0, 0.05) is 17.5 Å². The Labute approximate surface area is 115 Å². The lowest BCUT2D eigenvalue weighted by Crippen LogP contribution is -2.05. The first-order chi connectivity index (χ1) is 9.70. The second kappa shape index (κ2) is 6.33. The molecule has 0 spiro atoms. The van der Waals surface area contributed by atoms with Crippen molar-refractivity contribution in [2.45, 2.75) is 0 Å². The zero-order valence-electron chi connectivity index (χ0n) is 10.6. The van der Waals surface area contributed by atoms with Crippen LogP contribution in [0.4, 0.5) is 0 Å². The van der Waals surface area contributed by atoms with Gasteiger partial charge in [-0.1, -0.05) is 43.0 Å². The van der Waals surface area contributed by atoms with Crippen LogP contribution in [0.2, 0.25) is 0 Å². The van der Waals surface area contributed by atoms with E-state index in [1.807, 2.05) is 30.3 Å². The number of carbonyl (C=O) groups excluding carboxylic acids is 2. The third-order valence-electron chi connectivity index (χ3n) is 2.52. The van der Waals surface area contributed by atoms with Crippen molar-refractivity contribution >= 4 is 22.7 Å². The molecular formula is C16H12O4. The molecule has 0 aliphatic carbocycles. The summed E-state index contributed by atoms with van der Waals surface area (Å²) in [7, 11) is 0. The first kappa shape index (κ1) is 13.5. The quantitative estimate of drug-likeness (QED) is 0.370. The smallest absolute Gasteiger partial charge is 0.336 e. The standard InChI is InChI=1S/C16H12O4/c1-2-19-15(17)10-11-16(18)20-14-9-5-7-12-6-3-4-8-13(12)14/h2-11H,1H2. The van der Waals surface area contributed by atoms with Gasteiger partial charge in [-0.3, -0.25) is 0 Å². The molecule has 100 valence electrons. The van der Waals surface area contributed by atoms with Gasteiger partial charge in [0.1, 0.15) is 5.75 Å². The zero-order chi connectivity index (χ0) is 14.4. The average Bonchev–Trinajstić information content (AvgIpc) is 2.46. The van der Waals surface area contributed by atoms with E-state index in [0.717, 1.165) is 29.2 Å². The van der Waals surface area contributed by atoms with E-state index in [-0.39, 0.29) is 0 Å². The molecule has 2 aromatic carbocycles. The van der Waals surface area contributed by atoms with E-state index in [9.17, 15) is 9.59 Å². The van der Waals surface area contributed by atoms with Crippen molar-refractivity contribution in [3.8, 4) is 5.75 Å². The van der Waals surface area contributed by atoms with Gasteiger partial charge in [-0.15, -0.1) is 0 Å². The van der Waals surface area contributed by atoms with Crippen LogP contribution in [0.1, 0.15) is 0 Å². The monoisotopic (exact) mass is 268 g/mol. The molecule has 2 aromatic rings. The van der Waals surface area contributed by atoms with Crippen LogP contribution in [0.15, 0.2) is 67.5 Å². The Kier molecular flexibility index (Phi) is 4.29. The molecule has 4 nitrogen and oxygen atoms in total. The first-order valence-electron chi connectivity index (χ1n) is 5.90. The van der Waals surface area contributed by atoms with Crippen LogP contribution < -0.4 is 4.74 Å². The molecule has 0 aliphatic rings. The van der Waals surface area contributed by atoms with Crippen molar-refractivity contribution in [3.63, 3.8) is 0 Å². The number of benzene rings is 2. The summed E-state index contributed by atoms with van der Waals surface area (Å²) in [4.78, 5) is 22.6. The van der Waals surface area contributed by atoms with E-state index < -0.39 is 11.9 Å². The molecule has 0 aromatic heterocycles. The van der Waals surface area contributed by atoms with Gasteiger partial charge >= 0.3 is 11.9 Å². The molecule has 0 amide bonds. The predicted molar refractivity (Wildman–Crippen MR) is 75.0 cm³/mol. The lowest BCUT2D eigenvalue weighted by molar-refractivity contribution is -0.133. The number of hydrogen-bond acceptors (Lipinski definition) is 4. The van der Waals surface area contributed by atoms with E-state index in [4.69, 9.17) is 4.74 Å².